The molecule has 0 amide bonds. The van der Waals surface area contributed by atoms with Crippen LogP contribution in [0.25, 0.3) is 0 Å². The molecular weight excluding hydrogens is 240 g/mol. The summed E-state index contributed by atoms with van der Waals surface area (Å²) in [5.41, 5.74) is -1.30. The number of carbonyl (C=O) groups is 1. The number of hydrogen-bond donors (Lipinski definition) is 2. The Hall–Kier alpha value is -1.08. The molecule has 0 spiro atoms. The molecule has 0 heterocycles. The van der Waals surface area contributed by atoms with Gasteiger partial charge in [0.25, 0.3) is 0 Å². The van der Waals surface area contributed by atoms with Gasteiger partial charge in [-0.15, -0.1) is 0 Å². The lowest BCUT2D eigenvalue weighted by Gasteiger charge is -2.54. The van der Waals surface area contributed by atoms with Crippen molar-refractivity contribution in [1.82, 2.24) is 5.32 Å². The van der Waals surface area contributed by atoms with Crippen molar-refractivity contribution in [2.24, 2.45) is 29.1 Å². The van der Waals surface area contributed by atoms with E-state index in [4.69, 9.17) is 10.4 Å². The Kier molecular flexibility index (Phi) is 3.05. The first-order chi connectivity index (χ1) is 9.01. The first-order valence-corrected chi connectivity index (χ1v) is 7.40. The lowest BCUT2D eigenvalue weighted by Crippen LogP contribution is -2.56. The van der Waals surface area contributed by atoms with Crippen LogP contribution in [0.4, 0.5) is 0 Å². The zero-order chi connectivity index (χ0) is 13.6. The van der Waals surface area contributed by atoms with Crippen LogP contribution in [0.1, 0.15) is 39.0 Å². The molecule has 4 heteroatoms. The third-order valence-corrected chi connectivity index (χ3v) is 5.64. The maximum atomic E-state index is 11.2. The fourth-order valence-corrected chi connectivity index (χ4v) is 4.74. The average molecular weight is 262 g/mol. The van der Waals surface area contributed by atoms with Crippen molar-refractivity contribution < 1.29 is 9.90 Å². The predicted octanol–water partition coefficient (Wildman–Crippen LogP) is 2.02. The molecule has 0 radical (unpaired) electrons. The smallest absolute Gasteiger partial charge is 0.325 e. The van der Waals surface area contributed by atoms with Crippen LogP contribution in [0.15, 0.2) is 0 Å². The van der Waals surface area contributed by atoms with Gasteiger partial charge in [-0.2, -0.15) is 5.26 Å². The van der Waals surface area contributed by atoms with Gasteiger partial charge in [0.05, 0.1) is 6.07 Å². The SMILES string of the molecule is CC(C#N)(CNC1C2CC3CC(C2)CC1C3)C(=O)O. The second kappa shape index (κ2) is 4.49. The highest BCUT2D eigenvalue weighted by atomic mass is 16.4. The summed E-state index contributed by atoms with van der Waals surface area (Å²) < 4.78 is 0. The molecule has 4 aliphatic carbocycles. The standard InChI is InChI=1S/C15H22N2O2/c1-15(7-16,14(18)19)8-17-13-11-3-9-2-10(5-11)6-12(13)4-9/h9-13,17H,2-6,8H2,1H3,(H,18,19). The highest BCUT2D eigenvalue weighted by Crippen LogP contribution is 2.53. The second-order valence-corrected chi connectivity index (χ2v) is 7.09. The van der Waals surface area contributed by atoms with Crippen LogP contribution in [0.2, 0.25) is 0 Å². The monoisotopic (exact) mass is 262 g/mol. The van der Waals surface area contributed by atoms with Gasteiger partial charge in [-0.25, -0.2) is 0 Å². The molecular formula is C15H22N2O2. The highest BCUT2D eigenvalue weighted by molar-refractivity contribution is 5.77. The zero-order valence-corrected chi connectivity index (χ0v) is 11.4. The minimum atomic E-state index is -1.30. The molecule has 4 aliphatic rings. The van der Waals surface area contributed by atoms with Crippen LogP contribution in [0, 0.1) is 40.4 Å². The van der Waals surface area contributed by atoms with Gasteiger partial charge in [0.1, 0.15) is 0 Å². The minimum absolute atomic E-state index is 0.270. The van der Waals surface area contributed by atoms with Crippen LogP contribution in [-0.4, -0.2) is 23.7 Å². The third-order valence-electron chi connectivity index (χ3n) is 5.64. The van der Waals surface area contributed by atoms with E-state index in [1.807, 2.05) is 6.07 Å². The van der Waals surface area contributed by atoms with E-state index in [1.54, 1.807) is 0 Å². The topological polar surface area (TPSA) is 73.1 Å². The molecule has 2 N–H and O–H groups in total. The fraction of sp³-hybridized carbons (Fsp3) is 0.867. The van der Waals surface area contributed by atoms with E-state index in [0.717, 1.165) is 11.8 Å². The fourth-order valence-electron chi connectivity index (χ4n) is 4.74. The molecule has 0 aromatic rings. The number of nitrogens with one attached hydrogen (secondary N) is 1. The molecule has 4 saturated carbocycles. The molecule has 0 aromatic carbocycles. The van der Waals surface area contributed by atoms with Gasteiger partial charge < -0.3 is 10.4 Å². The summed E-state index contributed by atoms with van der Waals surface area (Å²) >= 11 is 0. The summed E-state index contributed by atoms with van der Waals surface area (Å²) in [5.74, 6) is 2.25. The summed E-state index contributed by atoms with van der Waals surface area (Å²) in [4.78, 5) is 11.2. The Morgan fingerprint density at radius 1 is 1.26 bits per heavy atom. The first kappa shape index (κ1) is 12.9. The van der Waals surface area contributed by atoms with Crippen LogP contribution in [0.5, 0.6) is 0 Å². The molecule has 0 aromatic heterocycles. The molecule has 1 atom stereocenters. The van der Waals surface area contributed by atoms with Crippen molar-refractivity contribution >= 4 is 5.97 Å². The first-order valence-electron chi connectivity index (χ1n) is 7.40. The van der Waals surface area contributed by atoms with E-state index in [1.165, 1.54) is 39.0 Å². The lowest BCUT2D eigenvalue weighted by atomic mass is 9.54. The summed E-state index contributed by atoms with van der Waals surface area (Å²) in [5, 5.41) is 21.7. The maximum absolute atomic E-state index is 11.2. The number of carboxylic acid groups (broad SMARTS) is 1. The van der Waals surface area contributed by atoms with Crippen LogP contribution in [-0.2, 0) is 4.79 Å². The summed E-state index contributed by atoms with van der Waals surface area (Å²) in [6.07, 6.45) is 6.65. The van der Waals surface area contributed by atoms with Crippen LogP contribution >= 0.6 is 0 Å². The van der Waals surface area contributed by atoms with Crippen LogP contribution < -0.4 is 5.32 Å². The van der Waals surface area contributed by atoms with Crippen molar-refractivity contribution in [3.05, 3.63) is 0 Å². The van der Waals surface area contributed by atoms with E-state index in [2.05, 4.69) is 5.32 Å². The summed E-state index contributed by atoms with van der Waals surface area (Å²) in [6, 6.07) is 2.38. The molecule has 4 bridgehead atoms. The van der Waals surface area contributed by atoms with Crippen LogP contribution in [0.3, 0.4) is 0 Å². The van der Waals surface area contributed by atoms with Gasteiger partial charge in [-0.05, 0) is 62.7 Å². The molecule has 104 valence electrons. The second-order valence-electron chi connectivity index (χ2n) is 7.09. The number of nitrogens with zero attached hydrogens (tertiary/aromatic N) is 1. The van der Waals surface area contributed by atoms with Crippen molar-refractivity contribution in [2.45, 2.75) is 45.1 Å². The van der Waals surface area contributed by atoms with Crippen molar-refractivity contribution in [3.8, 4) is 6.07 Å². The molecule has 0 aliphatic heterocycles. The van der Waals surface area contributed by atoms with Gasteiger partial charge in [0.15, 0.2) is 5.41 Å². The molecule has 4 nitrogen and oxygen atoms in total. The Balaban J connectivity index is 1.65. The van der Waals surface area contributed by atoms with Crippen molar-refractivity contribution in [1.29, 1.82) is 5.26 Å². The summed E-state index contributed by atoms with van der Waals surface area (Å²) in [7, 11) is 0. The lowest BCUT2D eigenvalue weighted by molar-refractivity contribution is -0.144. The molecule has 0 saturated heterocycles. The zero-order valence-electron chi connectivity index (χ0n) is 11.4. The van der Waals surface area contributed by atoms with Gasteiger partial charge in [0, 0.05) is 12.6 Å². The van der Waals surface area contributed by atoms with E-state index < -0.39 is 11.4 Å². The Labute approximate surface area is 114 Å². The minimum Gasteiger partial charge on any atom is -0.480 e. The molecule has 1 unspecified atom stereocenters. The van der Waals surface area contributed by atoms with E-state index in [9.17, 15) is 4.79 Å². The predicted molar refractivity (Wildman–Crippen MR) is 70.2 cm³/mol. The number of aliphatic carboxylic acids is 1. The van der Waals surface area contributed by atoms with E-state index in [0.29, 0.717) is 17.9 Å². The van der Waals surface area contributed by atoms with E-state index >= 15 is 0 Å². The highest BCUT2D eigenvalue weighted by Gasteiger charge is 2.48. The van der Waals surface area contributed by atoms with Crippen molar-refractivity contribution in [3.63, 3.8) is 0 Å². The van der Waals surface area contributed by atoms with Gasteiger partial charge >= 0.3 is 5.97 Å². The number of rotatable bonds is 4. The molecule has 4 rings (SSSR count). The quantitative estimate of drug-likeness (QED) is 0.813. The maximum Gasteiger partial charge on any atom is 0.325 e. The third kappa shape index (κ3) is 2.14. The Morgan fingerprint density at radius 3 is 2.21 bits per heavy atom. The van der Waals surface area contributed by atoms with E-state index in [-0.39, 0.29) is 6.54 Å². The number of hydrogen-bond acceptors (Lipinski definition) is 3. The van der Waals surface area contributed by atoms with Crippen molar-refractivity contribution in [2.75, 3.05) is 6.54 Å². The van der Waals surface area contributed by atoms with Gasteiger partial charge in [-0.3, -0.25) is 4.79 Å². The largest absolute Gasteiger partial charge is 0.480 e. The number of nitriles is 1. The Bertz CT molecular complexity index is 400. The van der Waals surface area contributed by atoms with Gasteiger partial charge in [0.2, 0.25) is 0 Å². The molecule has 19 heavy (non-hydrogen) atoms. The number of carboxylic acids is 1. The van der Waals surface area contributed by atoms with Gasteiger partial charge in [-0.1, -0.05) is 0 Å². The normalized spacial score (nSPS) is 42.6. The Morgan fingerprint density at radius 2 is 1.79 bits per heavy atom. The molecule has 4 fully saturated rings. The summed E-state index contributed by atoms with van der Waals surface area (Å²) in [6.45, 7) is 1.78. The average Bonchev–Trinajstić information content (AvgIpc) is 2.36.